The number of carbonyl (C=O) groups is 1. The van der Waals surface area contributed by atoms with Crippen LogP contribution in [0.4, 0.5) is 0 Å². The molecule has 2 N–H and O–H groups in total. The van der Waals surface area contributed by atoms with Gasteiger partial charge in [-0.3, -0.25) is 4.79 Å². The van der Waals surface area contributed by atoms with Crippen LogP contribution in [-0.4, -0.2) is 34.0 Å². The van der Waals surface area contributed by atoms with E-state index in [4.69, 9.17) is 4.74 Å². The van der Waals surface area contributed by atoms with Crippen molar-refractivity contribution in [3.8, 4) is 0 Å². The first-order valence-electron chi connectivity index (χ1n) is 7.44. The largest absolute Gasteiger partial charge is 0.459 e. The van der Waals surface area contributed by atoms with E-state index >= 15 is 0 Å². The van der Waals surface area contributed by atoms with Crippen LogP contribution in [0.2, 0.25) is 0 Å². The Hall–Kier alpha value is -1.39. The van der Waals surface area contributed by atoms with Gasteiger partial charge in [-0.25, -0.2) is 0 Å². The highest BCUT2D eigenvalue weighted by atomic mass is 16.6. The Morgan fingerprint density at radius 3 is 2.38 bits per heavy atom. The molecule has 0 bridgehead atoms. The highest BCUT2D eigenvalue weighted by Crippen LogP contribution is 2.18. The molecule has 0 unspecified atom stereocenters. The van der Waals surface area contributed by atoms with Gasteiger partial charge in [0.2, 0.25) is 0 Å². The van der Waals surface area contributed by atoms with E-state index in [2.05, 4.69) is 0 Å². The second-order valence-electron chi connectivity index (χ2n) is 6.05. The van der Waals surface area contributed by atoms with Crippen molar-refractivity contribution in [3.63, 3.8) is 0 Å². The molecule has 0 aliphatic carbocycles. The molecule has 0 radical (unpaired) electrons. The molecule has 2 atom stereocenters. The Morgan fingerprint density at radius 1 is 1.19 bits per heavy atom. The lowest BCUT2D eigenvalue weighted by Crippen LogP contribution is -2.32. The summed E-state index contributed by atoms with van der Waals surface area (Å²) in [7, 11) is 0. The van der Waals surface area contributed by atoms with Crippen LogP contribution >= 0.6 is 0 Å². The normalized spacial score (nSPS) is 14.5. The Bertz CT molecular complexity index is 428. The van der Waals surface area contributed by atoms with Crippen LogP contribution in [0.1, 0.15) is 45.6 Å². The standard InChI is InChI=1S/C17H26O4/c1-4-14(18)10-15(19)11-16(20)21-17(2,3)12-13-8-6-5-7-9-13/h5-9,14-15,18-19H,4,10-12H2,1-3H3/t14-,15-/m1/s1. The number of hydrogen-bond acceptors (Lipinski definition) is 4. The van der Waals surface area contributed by atoms with Gasteiger partial charge in [-0.2, -0.15) is 0 Å². The molecule has 0 saturated heterocycles. The SMILES string of the molecule is CC[C@@H](O)C[C@@H](O)CC(=O)OC(C)(C)Cc1ccccc1. The maximum atomic E-state index is 11.9. The Kier molecular flexibility index (Phi) is 6.85. The molecule has 0 amide bonds. The molecule has 0 fully saturated rings. The molecule has 21 heavy (non-hydrogen) atoms. The zero-order valence-electron chi connectivity index (χ0n) is 13.1. The van der Waals surface area contributed by atoms with E-state index in [0.29, 0.717) is 12.8 Å². The number of esters is 1. The Morgan fingerprint density at radius 2 is 1.81 bits per heavy atom. The van der Waals surface area contributed by atoms with Crippen molar-refractivity contribution in [2.75, 3.05) is 0 Å². The van der Waals surface area contributed by atoms with Gasteiger partial charge in [-0.05, 0) is 32.3 Å². The number of carbonyl (C=O) groups excluding carboxylic acids is 1. The zero-order valence-corrected chi connectivity index (χ0v) is 13.1. The van der Waals surface area contributed by atoms with Crippen LogP contribution in [0, 0.1) is 0 Å². The second kappa shape index (κ2) is 8.15. The van der Waals surface area contributed by atoms with Crippen molar-refractivity contribution in [1.29, 1.82) is 0 Å². The summed E-state index contributed by atoms with van der Waals surface area (Å²) < 4.78 is 5.45. The maximum Gasteiger partial charge on any atom is 0.308 e. The van der Waals surface area contributed by atoms with E-state index in [1.54, 1.807) is 0 Å². The number of benzene rings is 1. The van der Waals surface area contributed by atoms with Gasteiger partial charge in [0.25, 0.3) is 0 Å². The first-order chi connectivity index (χ1) is 9.82. The smallest absolute Gasteiger partial charge is 0.308 e. The summed E-state index contributed by atoms with van der Waals surface area (Å²) in [6.45, 7) is 5.54. The molecule has 0 saturated carbocycles. The van der Waals surface area contributed by atoms with Crippen LogP contribution in [-0.2, 0) is 16.0 Å². The fraction of sp³-hybridized carbons (Fsp3) is 0.588. The quantitative estimate of drug-likeness (QED) is 0.723. The number of aliphatic hydroxyl groups excluding tert-OH is 2. The summed E-state index contributed by atoms with van der Waals surface area (Å²) in [6.07, 6.45) is -0.149. The molecule has 0 aliphatic rings. The second-order valence-corrected chi connectivity index (χ2v) is 6.05. The first kappa shape index (κ1) is 17.7. The minimum Gasteiger partial charge on any atom is -0.459 e. The molecule has 0 aliphatic heterocycles. The number of rotatable bonds is 8. The minimum absolute atomic E-state index is 0.0880. The van der Waals surface area contributed by atoms with E-state index in [9.17, 15) is 15.0 Å². The highest BCUT2D eigenvalue weighted by molar-refractivity contribution is 5.70. The lowest BCUT2D eigenvalue weighted by molar-refractivity contribution is -0.158. The van der Waals surface area contributed by atoms with E-state index in [0.717, 1.165) is 5.56 Å². The van der Waals surface area contributed by atoms with Crippen molar-refractivity contribution in [2.24, 2.45) is 0 Å². The van der Waals surface area contributed by atoms with Gasteiger partial charge in [0.05, 0.1) is 18.6 Å². The fourth-order valence-electron chi connectivity index (χ4n) is 2.23. The van der Waals surface area contributed by atoms with Gasteiger partial charge < -0.3 is 14.9 Å². The van der Waals surface area contributed by atoms with Crippen LogP contribution in [0.3, 0.4) is 0 Å². The monoisotopic (exact) mass is 294 g/mol. The van der Waals surface area contributed by atoms with Gasteiger partial charge in [0, 0.05) is 6.42 Å². The fourth-order valence-corrected chi connectivity index (χ4v) is 2.23. The summed E-state index contributed by atoms with van der Waals surface area (Å²) in [5.41, 5.74) is 0.471. The Labute approximate surface area is 126 Å². The third-order valence-corrected chi connectivity index (χ3v) is 3.28. The summed E-state index contributed by atoms with van der Waals surface area (Å²) in [4.78, 5) is 11.9. The molecule has 0 aromatic heterocycles. The molecule has 0 heterocycles. The highest BCUT2D eigenvalue weighted by Gasteiger charge is 2.25. The van der Waals surface area contributed by atoms with Crippen LogP contribution in [0.25, 0.3) is 0 Å². The average molecular weight is 294 g/mol. The Balaban J connectivity index is 2.45. The van der Waals surface area contributed by atoms with Crippen molar-refractivity contribution >= 4 is 5.97 Å². The predicted octanol–water partition coefficient (Wildman–Crippen LogP) is 2.46. The summed E-state index contributed by atoms with van der Waals surface area (Å²) in [6, 6.07) is 9.81. The predicted molar refractivity (Wildman–Crippen MR) is 81.9 cm³/mol. The van der Waals surface area contributed by atoms with Gasteiger partial charge in [-0.1, -0.05) is 37.3 Å². The summed E-state index contributed by atoms with van der Waals surface area (Å²) in [5, 5.41) is 19.2. The van der Waals surface area contributed by atoms with E-state index in [1.165, 1.54) is 0 Å². The van der Waals surface area contributed by atoms with Crippen molar-refractivity contribution < 1.29 is 19.7 Å². The average Bonchev–Trinajstić information content (AvgIpc) is 2.37. The zero-order chi connectivity index (χ0) is 15.9. The summed E-state index contributed by atoms with van der Waals surface area (Å²) in [5.74, 6) is -0.438. The number of hydrogen-bond donors (Lipinski definition) is 2. The third-order valence-electron chi connectivity index (χ3n) is 3.28. The molecule has 1 rings (SSSR count). The topological polar surface area (TPSA) is 66.8 Å². The van der Waals surface area contributed by atoms with Crippen molar-refractivity contribution in [1.82, 2.24) is 0 Å². The van der Waals surface area contributed by atoms with Gasteiger partial charge >= 0.3 is 5.97 Å². The van der Waals surface area contributed by atoms with Crippen molar-refractivity contribution in [2.45, 2.75) is 64.3 Å². The van der Waals surface area contributed by atoms with Gasteiger partial charge in [-0.15, -0.1) is 0 Å². The van der Waals surface area contributed by atoms with Crippen LogP contribution < -0.4 is 0 Å². The van der Waals surface area contributed by atoms with Crippen molar-refractivity contribution in [3.05, 3.63) is 35.9 Å². The van der Waals surface area contributed by atoms with Crippen LogP contribution in [0.15, 0.2) is 30.3 Å². The van der Waals surface area contributed by atoms with Crippen LogP contribution in [0.5, 0.6) is 0 Å². The number of aliphatic hydroxyl groups is 2. The maximum absolute atomic E-state index is 11.9. The third kappa shape index (κ3) is 7.25. The number of ether oxygens (including phenoxy) is 1. The molecule has 118 valence electrons. The molecule has 4 heteroatoms. The molecular formula is C17H26O4. The molecule has 0 spiro atoms. The van der Waals surface area contributed by atoms with E-state index in [1.807, 2.05) is 51.1 Å². The molecular weight excluding hydrogens is 268 g/mol. The van der Waals surface area contributed by atoms with Gasteiger partial charge in [0.15, 0.2) is 0 Å². The van der Waals surface area contributed by atoms with Gasteiger partial charge in [0.1, 0.15) is 5.60 Å². The molecule has 1 aromatic carbocycles. The summed E-state index contributed by atoms with van der Waals surface area (Å²) >= 11 is 0. The first-order valence-corrected chi connectivity index (χ1v) is 7.44. The lowest BCUT2D eigenvalue weighted by Gasteiger charge is -2.26. The van der Waals surface area contributed by atoms with E-state index in [-0.39, 0.29) is 12.8 Å². The molecule has 4 nitrogen and oxygen atoms in total. The lowest BCUT2D eigenvalue weighted by atomic mass is 9.98. The van der Waals surface area contributed by atoms with E-state index < -0.39 is 23.8 Å². The minimum atomic E-state index is -0.861. The molecule has 1 aromatic rings.